The van der Waals surface area contributed by atoms with Crippen LogP contribution in [0, 0.1) is 0 Å². The smallest absolute Gasteiger partial charge is 0.271 e. The molecule has 0 atom stereocenters. The van der Waals surface area contributed by atoms with E-state index in [4.69, 9.17) is 11.6 Å². The quantitative estimate of drug-likeness (QED) is 0.574. The van der Waals surface area contributed by atoms with Crippen molar-refractivity contribution in [3.8, 4) is 5.69 Å². The minimum atomic E-state index is -0.140. The van der Waals surface area contributed by atoms with Gasteiger partial charge in [-0.25, -0.2) is 4.68 Å². The largest absolute Gasteiger partial charge is 0.289 e. The van der Waals surface area contributed by atoms with Crippen LogP contribution >= 0.6 is 11.6 Å². The number of hydrazone groups is 1. The summed E-state index contributed by atoms with van der Waals surface area (Å²) in [6.45, 7) is 0. The third-order valence-corrected chi connectivity index (χ3v) is 3.25. The van der Waals surface area contributed by atoms with Crippen molar-refractivity contribution in [1.29, 1.82) is 0 Å². The number of nitrogens with one attached hydrogen (secondary N) is 2. The summed E-state index contributed by atoms with van der Waals surface area (Å²) in [7, 11) is 0. The molecule has 0 bridgehead atoms. The number of halogens is 1. The van der Waals surface area contributed by atoms with Crippen molar-refractivity contribution < 1.29 is 0 Å². The molecule has 2 N–H and O–H groups in total. The number of benzene rings is 2. The van der Waals surface area contributed by atoms with E-state index in [-0.39, 0.29) is 5.56 Å². The first kappa shape index (κ1) is 14.2. The van der Waals surface area contributed by atoms with Crippen molar-refractivity contribution in [2.24, 2.45) is 5.10 Å². The summed E-state index contributed by atoms with van der Waals surface area (Å²) in [5, 5.41) is 7.74. The van der Waals surface area contributed by atoms with Gasteiger partial charge in [-0.2, -0.15) is 5.10 Å². The molecule has 1 heterocycles. The molecule has 0 aliphatic carbocycles. The number of nitrogens with zero attached hydrogens (tertiary/aromatic N) is 2. The molecule has 0 amide bonds. The lowest BCUT2D eigenvalue weighted by molar-refractivity contribution is 0.846. The lowest BCUT2D eigenvalue weighted by Crippen LogP contribution is -2.12. The standard InChI is InChI=1S/C16H13ClN4O/c17-12-6-8-13(9-7-12)19-18-11-14-10-16(22)21(20-14)15-4-2-1-3-5-15/h1-11,19-20H/b18-11+. The summed E-state index contributed by atoms with van der Waals surface area (Å²) in [5.41, 5.74) is 4.92. The molecule has 110 valence electrons. The van der Waals surface area contributed by atoms with Crippen LogP contribution in [-0.2, 0) is 0 Å². The van der Waals surface area contributed by atoms with Crippen LogP contribution in [0.1, 0.15) is 5.69 Å². The summed E-state index contributed by atoms with van der Waals surface area (Å²) < 4.78 is 1.46. The van der Waals surface area contributed by atoms with E-state index in [0.29, 0.717) is 10.7 Å². The van der Waals surface area contributed by atoms with Crippen LogP contribution in [0.2, 0.25) is 5.02 Å². The highest BCUT2D eigenvalue weighted by molar-refractivity contribution is 6.30. The average molecular weight is 313 g/mol. The van der Waals surface area contributed by atoms with Crippen LogP contribution < -0.4 is 11.0 Å². The molecule has 5 nitrogen and oxygen atoms in total. The summed E-state index contributed by atoms with van der Waals surface area (Å²) in [4.78, 5) is 11.9. The molecule has 0 spiro atoms. The zero-order valence-electron chi connectivity index (χ0n) is 11.5. The van der Waals surface area contributed by atoms with E-state index in [1.165, 1.54) is 10.7 Å². The molecule has 0 radical (unpaired) electrons. The van der Waals surface area contributed by atoms with Crippen LogP contribution in [0.3, 0.4) is 0 Å². The van der Waals surface area contributed by atoms with Crippen LogP contribution in [0.15, 0.2) is 70.6 Å². The molecule has 0 saturated carbocycles. The minimum absolute atomic E-state index is 0.140. The van der Waals surface area contributed by atoms with Crippen molar-refractivity contribution >= 4 is 23.5 Å². The van der Waals surface area contributed by atoms with E-state index in [9.17, 15) is 4.79 Å². The van der Waals surface area contributed by atoms with E-state index in [0.717, 1.165) is 11.4 Å². The maximum atomic E-state index is 11.9. The molecule has 2 aromatic carbocycles. The van der Waals surface area contributed by atoms with Gasteiger partial charge in [-0.15, -0.1) is 0 Å². The van der Waals surface area contributed by atoms with Gasteiger partial charge in [-0.3, -0.25) is 15.3 Å². The number of aromatic nitrogens is 2. The molecule has 0 aliphatic rings. The molecule has 1 aromatic heterocycles. The third-order valence-electron chi connectivity index (χ3n) is 3.00. The Bertz CT molecular complexity index is 835. The number of hydrogen-bond donors (Lipinski definition) is 2. The highest BCUT2D eigenvalue weighted by Crippen LogP contribution is 2.13. The Morgan fingerprint density at radius 1 is 1.09 bits per heavy atom. The molecule has 3 rings (SSSR count). The predicted octanol–water partition coefficient (Wildman–Crippen LogP) is 3.27. The summed E-state index contributed by atoms with van der Waals surface area (Å²) in [6, 6.07) is 18.0. The second-order valence-electron chi connectivity index (χ2n) is 4.60. The molecular formula is C16H13ClN4O. The Morgan fingerprint density at radius 3 is 2.55 bits per heavy atom. The van der Waals surface area contributed by atoms with Gasteiger partial charge in [0.1, 0.15) is 0 Å². The lowest BCUT2D eigenvalue weighted by Gasteiger charge is -2.00. The van der Waals surface area contributed by atoms with Crippen molar-refractivity contribution in [1.82, 2.24) is 9.78 Å². The average Bonchev–Trinajstić information content (AvgIpc) is 2.91. The van der Waals surface area contributed by atoms with Gasteiger partial charge in [0.25, 0.3) is 5.56 Å². The lowest BCUT2D eigenvalue weighted by atomic mass is 10.3. The Morgan fingerprint density at radius 2 is 1.82 bits per heavy atom. The van der Waals surface area contributed by atoms with E-state index in [1.807, 2.05) is 42.5 Å². The normalized spacial score (nSPS) is 11.0. The first-order valence-electron chi connectivity index (χ1n) is 6.64. The molecule has 6 heteroatoms. The van der Waals surface area contributed by atoms with Crippen LogP contribution in [0.4, 0.5) is 5.69 Å². The van der Waals surface area contributed by atoms with Crippen LogP contribution in [0.25, 0.3) is 5.69 Å². The molecule has 0 fully saturated rings. The van der Waals surface area contributed by atoms with Crippen molar-refractivity contribution in [3.05, 3.63) is 81.7 Å². The number of H-pyrrole nitrogens is 1. The first-order chi connectivity index (χ1) is 10.7. The van der Waals surface area contributed by atoms with Gasteiger partial charge < -0.3 is 0 Å². The SMILES string of the molecule is O=c1cc(/C=N/Nc2ccc(Cl)cc2)[nH]n1-c1ccccc1. The summed E-state index contributed by atoms with van der Waals surface area (Å²) in [5.74, 6) is 0. The molecule has 0 unspecified atom stereocenters. The highest BCUT2D eigenvalue weighted by atomic mass is 35.5. The topological polar surface area (TPSA) is 62.2 Å². The van der Waals surface area contributed by atoms with E-state index in [2.05, 4.69) is 15.6 Å². The van der Waals surface area contributed by atoms with Gasteiger partial charge in [0, 0.05) is 11.1 Å². The minimum Gasteiger partial charge on any atom is -0.289 e. The Kier molecular flexibility index (Phi) is 4.07. The Hall–Kier alpha value is -2.79. The summed E-state index contributed by atoms with van der Waals surface area (Å²) >= 11 is 5.81. The highest BCUT2D eigenvalue weighted by Gasteiger charge is 2.02. The van der Waals surface area contributed by atoms with Gasteiger partial charge in [0.2, 0.25) is 0 Å². The van der Waals surface area contributed by atoms with E-state index < -0.39 is 0 Å². The monoisotopic (exact) mass is 312 g/mol. The van der Waals surface area contributed by atoms with Crippen molar-refractivity contribution in [3.63, 3.8) is 0 Å². The van der Waals surface area contributed by atoms with Crippen molar-refractivity contribution in [2.75, 3.05) is 5.43 Å². The zero-order chi connectivity index (χ0) is 15.4. The maximum Gasteiger partial charge on any atom is 0.271 e. The zero-order valence-corrected chi connectivity index (χ0v) is 12.3. The van der Waals surface area contributed by atoms with Gasteiger partial charge in [0.05, 0.1) is 23.3 Å². The molecule has 0 saturated heterocycles. The van der Waals surface area contributed by atoms with Crippen molar-refractivity contribution in [2.45, 2.75) is 0 Å². The molecule has 22 heavy (non-hydrogen) atoms. The van der Waals surface area contributed by atoms with Crippen LogP contribution in [0.5, 0.6) is 0 Å². The van der Waals surface area contributed by atoms with Gasteiger partial charge in [-0.1, -0.05) is 29.8 Å². The molecular weight excluding hydrogens is 300 g/mol. The van der Waals surface area contributed by atoms with Gasteiger partial charge >= 0.3 is 0 Å². The number of rotatable bonds is 4. The van der Waals surface area contributed by atoms with E-state index >= 15 is 0 Å². The van der Waals surface area contributed by atoms with E-state index in [1.54, 1.807) is 18.3 Å². The second kappa shape index (κ2) is 6.32. The number of aromatic amines is 1. The fourth-order valence-corrected chi connectivity index (χ4v) is 2.08. The first-order valence-corrected chi connectivity index (χ1v) is 7.02. The van der Waals surface area contributed by atoms with Gasteiger partial charge in [0.15, 0.2) is 0 Å². The summed E-state index contributed by atoms with van der Waals surface area (Å²) in [6.07, 6.45) is 1.55. The maximum absolute atomic E-state index is 11.9. The Balaban J connectivity index is 1.75. The molecule has 0 aliphatic heterocycles. The third kappa shape index (κ3) is 3.27. The number of hydrogen-bond acceptors (Lipinski definition) is 3. The van der Waals surface area contributed by atoms with Gasteiger partial charge in [-0.05, 0) is 36.4 Å². The molecule has 3 aromatic rings. The second-order valence-corrected chi connectivity index (χ2v) is 5.03. The Labute approximate surface area is 131 Å². The fraction of sp³-hybridized carbons (Fsp3) is 0. The number of anilines is 1. The predicted molar refractivity (Wildman–Crippen MR) is 89.1 cm³/mol. The number of para-hydroxylation sites is 1. The van der Waals surface area contributed by atoms with Crippen LogP contribution in [-0.4, -0.2) is 16.0 Å². The fourth-order valence-electron chi connectivity index (χ4n) is 1.95.